The van der Waals surface area contributed by atoms with E-state index in [9.17, 15) is 4.79 Å². The second-order valence-corrected chi connectivity index (χ2v) is 4.79. The molecule has 0 unspecified atom stereocenters. The standard InChI is InChI=1S/C11H14N4O2S/c1-7-3-4-8(9-13-14-11(12)18-9)10(16)15(7)5-6-17-2/h3-4H,5-6H2,1-2H3,(H2,12,14). The Bertz CT molecular complexity index is 605. The van der Waals surface area contributed by atoms with Crippen molar-refractivity contribution < 1.29 is 4.74 Å². The highest BCUT2D eigenvalue weighted by atomic mass is 32.1. The second kappa shape index (κ2) is 5.28. The van der Waals surface area contributed by atoms with Gasteiger partial charge < -0.3 is 15.0 Å². The lowest BCUT2D eigenvalue weighted by Gasteiger charge is -2.10. The highest BCUT2D eigenvalue weighted by Crippen LogP contribution is 2.21. The van der Waals surface area contributed by atoms with Crippen LogP contribution in [-0.4, -0.2) is 28.5 Å². The van der Waals surface area contributed by atoms with Gasteiger partial charge in [-0.05, 0) is 19.1 Å². The molecule has 96 valence electrons. The third-order valence-electron chi connectivity index (χ3n) is 2.58. The van der Waals surface area contributed by atoms with Gasteiger partial charge in [-0.2, -0.15) is 0 Å². The number of nitrogens with two attached hydrogens (primary N) is 1. The lowest BCUT2D eigenvalue weighted by Crippen LogP contribution is -2.25. The van der Waals surface area contributed by atoms with E-state index in [0.717, 1.165) is 5.69 Å². The van der Waals surface area contributed by atoms with E-state index in [1.165, 1.54) is 11.3 Å². The molecule has 7 heteroatoms. The molecule has 0 radical (unpaired) electrons. The van der Waals surface area contributed by atoms with Crippen LogP contribution in [0.3, 0.4) is 0 Å². The first kappa shape index (κ1) is 12.7. The number of methoxy groups -OCH3 is 1. The molecule has 6 nitrogen and oxygen atoms in total. The normalized spacial score (nSPS) is 10.8. The molecule has 2 aromatic heterocycles. The van der Waals surface area contributed by atoms with Crippen LogP contribution in [0.25, 0.3) is 10.6 Å². The molecule has 0 aromatic carbocycles. The maximum Gasteiger partial charge on any atom is 0.261 e. The zero-order valence-electron chi connectivity index (χ0n) is 10.2. The van der Waals surface area contributed by atoms with E-state index in [4.69, 9.17) is 10.5 Å². The molecule has 2 rings (SSSR count). The van der Waals surface area contributed by atoms with E-state index in [2.05, 4.69) is 10.2 Å². The smallest absolute Gasteiger partial charge is 0.261 e. The van der Waals surface area contributed by atoms with Crippen molar-refractivity contribution >= 4 is 16.5 Å². The van der Waals surface area contributed by atoms with Gasteiger partial charge >= 0.3 is 0 Å². The summed E-state index contributed by atoms with van der Waals surface area (Å²) in [7, 11) is 1.61. The Morgan fingerprint density at radius 1 is 1.44 bits per heavy atom. The minimum Gasteiger partial charge on any atom is -0.383 e. The summed E-state index contributed by atoms with van der Waals surface area (Å²) in [5.74, 6) is 0. The summed E-state index contributed by atoms with van der Waals surface area (Å²) < 4.78 is 6.66. The molecule has 0 aliphatic carbocycles. The van der Waals surface area contributed by atoms with Crippen LogP contribution >= 0.6 is 11.3 Å². The summed E-state index contributed by atoms with van der Waals surface area (Å²) in [6, 6.07) is 3.63. The summed E-state index contributed by atoms with van der Waals surface area (Å²) in [6.07, 6.45) is 0. The Balaban J connectivity index is 2.47. The third-order valence-corrected chi connectivity index (χ3v) is 3.37. The van der Waals surface area contributed by atoms with Gasteiger partial charge in [-0.15, -0.1) is 10.2 Å². The molecule has 0 amide bonds. The van der Waals surface area contributed by atoms with Crippen molar-refractivity contribution in [2.75, 3.05) is 19.5 Å². The van der Waals surface area contributed by atoms with E-state index in [-0.39, 0.29) is 5.56 Å². The number of aryl methyl sites for hydroxylation is 1. The maximum atomic E-state index is 12.3. The van der Waals surface area contributed by atoms with E-state index in [1.54, 1.807) is 17.7 Å². The van der Waals surface area contributed by atoms with E-state index in [0.29, 0.717) is 28.9 Å². The van der Waals surface area contributed by atoms with Gasteiger partial charge in [0.1, 0.15) is 0 Å². The number of hydrogen-bond donors (Lipinski definition) is 1. The predicted octanol–water partition coefficient (Wildman–Crippen LogP) is 0.904. The van der Waals surface area contributed by atoms with Gasteiger partial charge in [0.2, 0.25) is 5.13 Å². The summed E-state index contributed by atoms with van der Waals surface area (Å²) in [4.78, 5) is 12.3. The van der Waals surface area contributed by atoms with Gasteiger partial charge in [0.05, 0.1) is 12.2 Å². The second-order valence-electron chi connectivity index (χ2n) is 3.78. The van der Waals surface area contributed by atoms with Crippen LogP contribution in [0.4, 0.5) is 5.13 Å². The largest absolute Gasteiger partial charge is 0.383 e. The lowest BCUT2D eigenvalue weighted by atomic mass is 10.2. The van der Waals surface area contributed by atoms with Crippen LogP contribution in [0, 0.1) is 6.92 Å². The van der Waals surface area contributed by atoms with E-state index in [1.807, 2.05) is 13.0 Å². The fourth-order valence-electron chi connectivity index (χ4n) is 1.64. The van der Waals surface area contributed by atoms with Gasteiger partial charge in [-0.25, -0.2) is 0 Å². The number of hydrogen-bond acceptors (Lipinski definition) is 6. The van der Waals surface area contributed by atoms with Crippen LogP contribution in [0.5, 0.6) is 0 Å². The molecule has 0 saturated heterocycles. The quantitative estimate of drug-likeness (QED) is 0.889. The fraction of sp³-hybridized carbons (Fsp3) is 0.364. The number of anilines is 1. The summed E-state index contributed by atoms with van der Waals surface area (Å²) in [5, 5.41) is 8.52. The van der Waals surface area contributed by atoms with Crippen molar-refractivity contribution in [1.82, 2.24) is 14.8 Å². The minimum absolute atomic E-state index is 0.0943. The zero-order valence-corrected chi connectivity index (χ0v) is 11.0. The Kier molecular flexibility index (Phi) is 3.73. The average molecular weight is 266 g/mol. The molecule has 0 spiro atoms. The molecule has 2 heterocycles. The van der Waals surface area contributed by atoms with E-state index < -0.39 is 0 Å². The van der Waals surface area contributed by atoms with Crippen molar-refractivity contribution in [2.24, 2.45) is 0 Å². The van der Waals surface area contributed by atoms with Crippen LogP contribution in [0.2, 0.25) is 0 Å². The molecule has 0 aliphatic heterocycles. The monoisotopic (exact) mass is 266 g/mol. The molecular weight excluding hydrogens is 252 g/mol. The van der Waals surface area contributed by atoms with Gasteiger partial charge in [-0.1, -0.05) is 11.3 Å². The van der Waals surface area contributed by atoms with E-state index >= 15 is 0 Å². The number of nitrogens with zero attached hydrogens (tertiary/aromatic N) is 3. The first-order chi connectivity index (χ1) is 8.63. The predicted molar refractivity (Wildman–Crippen MR) is 70.6 cm³/mol. The SMILES string of the molecule is COCCn1c(C)ccc(-c2nnc(N)s2)c1=O. The number of pyridine rings is 1. The van der Waals surface area contributed by atoms with Gasteiger partial charge in [0, 0.05) is 19.3 Å². The zero-order chi connectivity index (χ0) is 13.1. The first-order valence-corrected chi connectivity index (χ1v) is 6.24. The topological polar surface area (TPSA) is 83.0 Å². The summed E-state index contributed by atoms with van der Waals surface area (Å²) in [5.41, 5.74) is 6.84. The maximum absolute atomic E-state index is 12.3. The van der Waals surface area contributed by atoms with Crippen LogP contribution in [0.1, 0.15) is 5.69 Å². The van der Waals surface area contributed by atoms with Gasteiger partial charge in [-0.3, -0.25) is 4.79 Å². The molecule has 0 saturated carbocycles. The fourth-order valence-corrected chi connectivity index (χ4v) is 2.26. The van der Waals surface area contributed by atoms with Crippen molar-refractivity contribution in [1.29, 1.82) is 0 Å². The van der Waals surface area contributed by atoms with Crippen molar-refractivity contribution in [2.45, 2.75) is 13.5 Å². The molecule has 0 fully saturated rings. The van der Waals surface area contributed by atoms with Gasteiger partial charge in [0.25, 0.3) is 5.56 Å². The molecule has 2 aromatic rings. The van der Waals surface area contributed by atoms with Crippen LogP contribution < -0.4 is 11.3 Å². The third kappa shape index (κ3) is 2.41. The Morgan fingerprint density at radius 2 is 2.22 bits per heavy atom. The van der Waals surface area contributed by atoms with Gasteiger partial charge in [0.15, 0.2) is 5.01 Å². The summed E-state index contributed by atoms with van der Waals surface area (Å²) >= 11 is 1.20. The molecule has 18 heavy (non-hydrogen) atoms. The average Bonchev–Trinajstić information content (AvgIpc) is 2.76. The highest BCUT2D eigenvalue weighted by molar-refractivity contribution is 7.18. The molecule has 0 atom stereocenters. The van der Waals surface area contributed by atoms with Crippen LogP contribution in [-0.2, 0) is 11.3 Å². The Labute approximate surface area is 108 Å². The molecular formula is C11H14N4O2S. The van der Waals surface area contributed by atoms with Crippen LogP contribution in [0.15, 0.2) is 16.9 Å². The Morgan fingerprint density at radius 3 is 2.83 bits per heavy atom. The number of nitrogen functional groups attached to an aromatic ring is 1. The highest BCUT2D eigenvalue weighted by Gasteiger charge is 2.12. The molecule has 0 bridgehead atoms. The number of aromatic nitrogens is 3. The first-order valence-electron chi connectivity index (χ1n) is 5.42. The molecule has 2 N–H and O–H groups in total. The minimum atomic E-state index is -0.0943. The number of rotatable bonds is 4. The van der Waals surface area contributed by atoms with Crippen molar-refractivity contribution in [3.05, 3.63) is 28.2 Å². The lowest BCUT2D eigenvalue weighted by molar-refractivity contribution is 0.185. The summed E-state index contributed by atoms with van der Waals surface area (Å²) in [6.45, 7) is 2.89. The number of ether oxygens (including phenoxy) is 1. The van der Waals surface area contributed by atoms with Crippen molar-refractivity contribution in [3.8, 4) is 10.6 Å². The van der Waals surface area contributed by atoms with Crippen molar-refractivity contribution in [3.63, 3.8) is 0 Å². The molecule has 0 aliphatic rings. The Hall–Kier alpha value is -1.73.